The molecule has 1 amide bonds. The maximum Gasteiger partial charge on any atom is 0.266 e. The zero-order valence-corrected chi connectivity index (χ0v) is 20.3. The molecule has 0 saturated heterocycles. The predicted molar refractivity (Wildman–Crippen MR) is 133 cm³/mol. The molecule has 34 heavy (non-hydrogen) atoms. The minimum Gasteiger partial charge on any atom is -0.496 e. The Hall–Kier alpha value is -3.65. The number of aryl methyl sites for hydroxylation is 1. The average molecular weight is 481 g/mol. The molecule has 0 aliphatic heterocycles. The Labute approximate surface area is 200 Å². The summed E-state index contributed by atoms with van der Waals surface area (Å²) >= 11 is 0. The number of amides is 1. The summed E-state index contributed by atoms with van der Waals surface area (Å²) in [6, 6.07) is 20.3. The highest BCUT2D eigenvalue weighted by Gasteiger charge is 2.27. The second-order valence-corrected chi connectivity index (χ2v) is 9.51. The summed E-state index contributed by atoms with van der Waals surface area (Å²) in [6.07, 6.45) is -0.133. The van der Waals surface area contributed by atoms with Gasteiger partial charge >= 0.3 is 0 Å². The minimum atomic E-state index is -3.93. The first kappa shape index (κ1) is 25.0. The number of methoxy groups -OCH3 is 1. The maximum atomic E-state index is 13.4. The van der Waals surface area contributed by atoms with Gasteiger partial charge in [-0.15, -0.1) is 0 Å². The van der Waals surface area contributed by atoms with E-state index >= 15 is 0 Å². The van der Waals surface area contributed by atoms with Crippen molar-refractivity contribution in [2.45, 2.75) is 31.6 Å². The fourth-order valence-electron chi connectivity index (χ4n) is 3.61. The second kappa shape index (κ2) is 11.0. The largest absolute Gasteiger partial charge is 0.496 e. The van der Waals surface area contributed by atoms with E-state index in [0.717, 1.165) is 5.56 Å². The Balaban J connectivity index is 1.77. The van der Waals surface area contributed by atoms with Gasteiger partial charge in [-0.05, 0) is 50.2 Å². The lowest BCUT2D eigenvalue weighted by atomic mass is 10.0. The molecule has 0 heterocycles. The molecule has 0 spiro atoms. The van der Waals surface area contributed by atoms with Crippen LogP contribution in [0.4, 0.5) is 11.4 Å². The van der Waals surface area contributed by atoms with Gasteiger partial charge in [-0.25, -0.2) is 8.42 Å². The summed E-state index contributed by atoms with van der Waals surface area (Å²) < 4.78 is 33.4. The van der Waals surface area contributed by atoms with Crippen molar-refractivity contribution in [2.75, 3.05) is 23.3 Å². The highest BCUT2D eigenvalue weighted by atomic mass is 32.2. The zero-order chi connectivity index (χ0) is 24.7. The lowest BCUT2D eigenvalue weighted by molar-refractivity contribution is -0.116. The number of hydrogen-bond donors (Lipinski definition) is 1. The van der Waals surface area contributed by atoms with Gasteiger partial charge in [0.05, 0.1) is 24.0 Å². The topological polar surface area (TPSA) is 92.8 Å². The number of ketones is 1. The number of sulfonamides is 1. The maximum absolute atomic E-state index is 13.4. The molecule has 3 rings (SSSR count). The monoisotopic (exact) mass is 480 g/mol. The van der Waals surface area contributed by atoms with E-state index in [9.17, 15) is 18.0 Å². The summed E-state index contributed by atoms with van der Waals surface area (Å²) in [7, 11) is -2.45. The second-order valence-electron chi connectivity index (χ2n) is 7.68. The third kappa shape index (κ3) is 5.63. The predicted octanol–water partition coefficient (Wildman–Crippen LogP) is 4.82. The molecule has 3 aromatic carbocycles. The Kier molecular flexibility index (Phi) is 8.07. The fraction of sp³-hybridized carbons (Fsp3) is 0.231. The highest BCUT2D eigenvalue weighted by molar-refractivity contribution is 7.93. The Morgan fingerprint density at radius 2 is 1.62 bits per heavy atom. The van der Waals surface area contributed by atoms with Crippen molar-refractivity contribution in [2.24, 2.45) is 0 Å². The summed E-state index contributed by atoms with van der Waals surface area (Å²) in [5.41, 5.74) is 2.03. The van der Waals surface area contributed by atoms with Crippen LogP contribution in [-0.2, 0) is 14.8 Å². The minimum absolute atomic E-state index is 0.0132. The lowest BCUT2D eigenvalue weighted by Gasteiger charge is -2.24. The van der Waals surface area contributed by atoms with Crippen molar-refractivity contribution < 1.29 is 22.7 Å². The van der Waals surface area contributed by atoms with Crippen LogP contribution in [-0.4, -0.2) is 33.8 Å². The van der Waals surface area contributed by atoms with Crippen molar-refractivity contribution in [1.29, 1.82) is 0 Å². The average Bonchev–Trinajstić information content (AvgIpc) is 2.83. The van der Waals surface area contributed by atoms with Gasteiger partial charge in [0.1, 0.15) is 10.6 Å². The number of carbonyl (C=O) groups is 2. The number of carbonyl (C=O) groups excluding carboxylic acids is 2. The van der Waals surface area contributed by atoms with E-state index in [1.165, 1.54) is 23.5 Å². The van der Waals surface area contributed by atoms with Crippen LogP contribution < -0.4 is 14.4 Å². The molecule has 0 radical (unpaired) electrons. The van der Waals surface area contributed by atoms with Crippen LogP contribution in [0.25, 0.3) is 0 Å². The normalized spacial score (nSPS) is 11.0. The molecule has 0 unspecified atom stereocenters. The molecule has 0 atom stereocenters. The molecule has 0 fully saturated rings. The summed E-state index contributed by atoms with van der Waals surface area (Å²) in [5, 5.41) is 2.67. The smallest absolute Gasteiger partial charge is 0.266 e. The number of nitrogens with zero attached hydrogens (tertiary/aromatic N) is 1. The third-order valence-electron chi connectivity index (χ3n) is 5.30. The standard InChI is InChI=1S/C26H28N2O5S/c1-4-28(20-10-6-5-7-11-20)34(31,32)25-13-9-8-12-22(25)27-26(30)17-15-23(29)21-18-19(2)14-16-24(21)33-3/h5-14,16,18H,4,15,17H2,1-3H3,(H,27,30). The van der Waals surface area contributed by atoms with Crippen LogP contribution in [0.15, 0.2) is 77.7 Å². The number of hydrogen-bond acceptors (Lipinski definition) is 5. The van der Waals surface area contributed by atoms with Gasteiger partial charge in [-0.3, -0.25) is 13.9 Å². The number of benzene rings is 3. The molecular formula is C26H28N2O5S. The van der Waals surface area contributed by atoms with Crippen LogP contribution in [0.5, 0.6) is 5.75 Å². The number of rotatable bonds is 10. The molecule has 7 nitrogen and oxygen atoms in total. The zero-order valence-electron chi connectivity index (χ0n) is 19.4. The van der Waals surface area contributed by atoms with E-state index in [1.54, 1.807) is 55.5 Å². The van der Waals surface area contributed by atoms with Crippen LogP contribution in [0, 0.1) is 6.92 Å². The molecule has 8 heteroatoms. The molecular weight excluding hydrogens is 452 g/mol. The van der Waals surface area contributed by atoms with E-state index in [0.29, 0.717) is 17.0 Å². The molecule has 3 aromatic rings. The van der Waals surface area contributed by atoms with Gasteiger partial charge in [-0.1, -0.05) is 42.0 Å². The van der Waals surface area contributed by atoms with E-state index in [1.807, 2.05) is 19.1 Å². The molecule has 0 aliphatic carbocycles. The quantitative estimate of drug-likeness (QED) is 0.420. The van der Waals surface area contributed by atoms with Crippen molar-refractivity contribution in [3.05, 3.63) is 83.9 Å². The summed E-state index contributed by atoms with van der Waals surface area (Å²) in [6.45, 7) is 3.84. The Morgan fingerprint density at radius 3 is 2.29 bits per heavy atom. The first-order valence-electron chi connectivity index (χ1n) is 10.9. The number of nitrogens with one attached hydrogen (secondary N) is 1. The summed E-state index contributed by atoms with van der Waals surface area (Å²) in [5.74, 6) is -0.226. The number of Topliss-reactive ketones (excluding diaryl/α,β-unsaturated/α-hetero) is 1. The van der Waals surface area contributed by atoms with E-state index in [-0.39, 0.29) is 35.8 Å². The summed E-state index contributed by atoms with van der Waals surface area (Å²) in [4.78, 5) is 25.3. The Bertz CT molecular complexity index is 1270. The van der Waals surface area contributed by atoms with Gasteiger partial charge in [0.15, 0.2) is 5.78 Å². The van der Waals surface area contributed by atoms with Crippen LogP contribution >= 0.6 is 0 Å². The first-order chi connectivity index (χ1) is 16.3. The fourth-order valence-corrected chi connectivity index (χ4v) is 5.24. The van der Waals surface area contributed by atoms with E-state index < -0.39 is 15.9 Å². The molecule has 0 aromatic heterocycles. The molecule has 0 aliphatic rings. The van der Waals surface area contributed by atoms with Gasteiger partial charge in [0, 0.05) is 19.4 Å². The van der Waals surface area contributed by atoms with Crippen molar-refractivity contribution in [3.8, 4) is 5.75 Å². The SMILES string of the molecule is CCN(c1ccccc1)S(=O)(=O)c1ccccc1NC(=O)CCC(=O)c1cc(C)ccc1OC. The highest BCUT2D eigenvalue weighted by Crippen LogP contribution is 2.29. The van der Waals surface area contributed by atoms with E-state index in [2.05, 4.69) is 5.32 Å². The Morgan fingerprint density at radius 1 is 0.941 bits per heavy atom. The van der Waals surface area contributed by atoms with Crippen LogP contribution in [0.3, 0.4) is 0 Å². The van der Waals surface area contributed by atoms with Crippen molar-refractivity contribution >= 4 is 33.1 Å². The number of ether oxygens (including phenoxy) is 1. The number of anilines is 2. The first-order valence-corrected chi connectivity index (χ1v) is 12.4. The van der Waals surface area contributed by atoms with Gasteiger partial charge in [0.25, 0.3) is 10.0 Å². The molecule has 1 N–H and O–H groups in total. The van der Waals surface area contributed by atoms with Crippen molar-refractivity contribution in [3.63, 3.8) is 0 Å². The molecule has 178 valence electrons. The lowest BCUT2D eigenvalue weighted by Crippen LogP contribution is -2.31. The van der Waals surface area contributed by atoms with Crippen molar-refractivity contribution in [1.82, 2.24) is 0 Å². The van der Waals surface area contributed by atoms with Crippen LogP contribution in [0.1, 0.15) is 35.7 Å². The van der Waals surface area contributed by atoms with Gasteiger partial charge in [-0.2, -0.15) is 0 Å². The molecule has 0 bridgehead atoms. The molecule has 0 saturated carbocycles. The third-order valence-corrected chi connectivity index (χ3v) is 7.26. The van der Waals surface area contributed by atoms with Crippen LogP contribution in [0.2, 0.25) is 0 Å². The van der Waals surface area contributed by atoms with Gasteiger partial charge < -0.3 is 10.1 Å². The number of para-hydroxylation sites is 2. The van der Waals surface area contributed by atoms with E-state index in [4.69, 9.17) is 4.74 Å². The van der Waals surface area contributed by atoms with Gasteiger partial charge in [0.2, 0.25) is 5.91 Å².